The molecule has 106 valence electrons. The van der Waals surface area contributed by atoms with Crippen molar-refractivity contribution in [3.8, 4) is 0 Å². The van der Waals surface area contributed by atoms with Gasteiger partial charge in [0.15, 0.2) is 5.03 Å². The molecule has 0 radical (unpaired) electrons. The monoisotopic (exact) mass is 295 g/mol. The molecule has 0 aliphatic rings. The van der Waals surface area contributed by atoms with Crippen LogP contribution in [0.5, 0.6) is 0 Å². The Hall–Kier alpha value is -1.99. The van der Waals surface area contributed by atoms with Crippen LogP contribution in [0.2, 0.25) is 0 Å². The highest BCUT2D eigenvalue weighted by molar-refractivity contribution is 7.89. The third kappa shape index (κ3) is 3.12. The maximum absolute atomic E-state index is 13.4. The molecule has 0 fully saturated rings. The first-order valence-corrected chi connectivity index (χ1v) is 7.39. The summed E-state index contributed by atoms with van der Waals surface area (Å²) in [5.74, 6) is -0.454. The van der Waals surface area contributed by atoms with Gasteiger partial charge in [0.05, 0.1) is 5.69 Å². The van der Waals surface area contributed by atoms with Gasteiger partial charge in [-0.15, -0.1) is 0 Å². The third-order valence-electron chi connectivity index (χ3n) is 2.71. The lowest BCUT2D eigenvalue weighted by Gasteiger charge is -2.10. The van der Waals surface area contributed by atoms with Crippen LogP contribution in [0.4, 0.5) is 10.1 Å². The van der Waals surface area contributed by atoms with Crippen molar-refractivity contribution in [3.63, 3.8) is 0 Å². The van der Waals surface area contributed by atoms with Gasteiger partial charge in [0, 0.05) is 25.4 Å². The van der Waals surface area contributed by atoms with Crippen LogP contribution in [0, 0.1) is 5.82 Å². The molecule has 20 heavy (non-hydrogen) atoms. The molecule has 2 N–H and O–H groups in total. The van der Waals surface area contributed by atoms with E-state index in [-0.39, 0.29) is 17.1 Å². The first-order chi connectivity index (χ1) is 9.54. The van der Waals surface area contributed by atoms with E-state index >= 15 is 0 Å². The average Bonchev–Trinajstić information content (AvgIpc) is 2.46. The van der Waals surface area contributed by atoms with Gasteiger partial charge >= 0.3 is 0 Å². The Morgan fingerprint density at radius 2 is 1.95 bits per heavy atom. The number of hydrogen-bond donors (Lipinski definition) is 2. The van der Waals surface area contributed by atoms with E-state index in [0.29, 0.717) is 5.69 Å². The van der Waals surface area contributed by atoms with Crippen molar-refractivity contribution in [2.45, 2.75) is 11.6 Å². The van der Waals surface area contributed by atoms with Crippen molar-refractivity contribution >= 4 is 15.7 Å². The zero-order chi connectivity index (χ0) is 14.6. The van der Waals surface area contributed by atoms with Crippen molar-refractivity contribution in [2.24, 2.45) is 0 Å². The zero-order valence-electron chi connectivity index (χ0n) is 10.8. The summed E-state index contributed by atoms with van der Waals surface area (Å²) in [6, 6.07) is 9.22. The number of pyridine rings is 1. The molecular formula is C13H14FN3O2S. The second-order valence-corrected chi connectivity index (χ2v) is 5.70. The highest BCUT2D eigenvalue weighted by Crippen LogP contribution is 2.17. The molecule has 0 saturated carbocycles. The lowest BCUT2D eigenvalue weighted by Crippen LogP contribution is -2.25. The summed E-state index contributed by atoms with van der Waals surface area (Å²) in [6.07, 6.45) is 1.39. The quantitative estimate of drug-likeness (QED) is 0.881. The molecule has 0 saturated heterocycles. The average molecular weight is 295 g/mol. The minimum atomic E-state index is -3.81. The number of nitrogens with one attached hydrogen (secondary N) is 2. The van der Waals surface area contributed by atoms with E-state index in [1.54, 1.807) is 31.3 Å². The van der Waals surface area contributed by atoms with Crippen molar-refractivity contribution < 1.29 is 12.8 Å². The van der Waals surface area contributed by atoms with Crippen LogP contribution in [0.1, 0.15) is 5.56 Å². The first kappa shape index (κ1) is 14.4. The number of hydrogen-bond acceptors (Lipinski definition) is 4. The smallest absolute Gasteiger partial charge is 0.260 e. The molecule has 1 aromatic carbocycles. The second-order valence-electron chi connectivity index (χ2n) is 4.02. The summed E-state index contributed by atoms with van der Waals surface area (Å²) in [7, 11) is -2.20. The highest BCUT2D eigenvalue weighted by atomic mass is 32.2. The minimum Gasteiger partial charge on any atom is -0.386 e. The molecule has 2 aromatic rings. The fraction of sp³-hybridized carbons (Fsp3) is 0.154. The maximum atomic E-state index is 13.4. The molecule has 5 nitrogen and oxygen atoms in total. The van der Waals surface area contributed by atoms with Gasteiger partial charge in [-0.25, -0.2) is 22.5 Å². The molecule has 0 aliphatic carbocycles. The number of benzene rings is 1. The summed E-state index contributed by atoms with van der Waals surface area (Å²) >= 11 is 0. The summed E-state index contributed by atoms with van der Waals surface area (Å²) in [4.78, 5) is 3.85. The molecule has 0 amide bonds. The summed E-state index contributed by atoms with van der Waals surface area (Å²) in [6.45, 7) is -0.130. The van der Waals surface area contributed by atoms with Gasteiger partial charge in [0.1, 0.15) is 5.82 Å². The number of aromatic nitrogens is 1. The Kier molecular flexibility index (Phi) is 4.31. The van der Waals surface area contributed by atoms with E-state index in [4.69, 9.17) is 0 Å². The van der Waals surface area contributed by atoms with E-state index < -0.39 is 15.8 Å². The van der Waals surface area contributed by atoms with Crippen LogP contribution in [0.25, 0.3) is 0 Å². The lowest BCUT2D eigenvalue weighted by atomic mass is 10.2. The third-order valence-corrected chi connectivity index (χ3v) is 4.06. The van der Waals surface area contributed by atoms with E-state index in [9.17, 15) is 12.8 Å². The molecule has 1 heterocycles. The first-order valence-electron chi connectivity index (χ1n) is 5.90. The molecule has 0 aliphatic heterocycles. The molecule has 7 heteroatoms. The van der Waals surface area contributed by atoms with Crippen LogP contribution in [0.3, 0.4) is 0 Å². The van der Waals surface area contributed by atoms with Crippen molar-refractivity contribution in [1.29, 1.82) is 0 Å². The molecule has 0 bridgehead atoms. The number of anilines is 1. The van der Waals surface area contributed by atoms with Gasteiger partial charge in [-0.05, 0) is 18.2 Å². The number of rotatable bonds is 5. The maximum Gasteiger partial charge on any atom is 0.260 e. The standard InChI is InChI=1S/C13H14FN3O2S/c1-15-12-7-4-8-16-13(12)20(18,19)17-9-10-5-2-3-6-11(10)14/h2-8,15,17H,9H2,1H3. The largest absolute Gasteiger partial charge is 0.386 e. The molecule has 0 unspecified atom stereocenters. The molecule has 0 spiro atoms. The van der Waals surface area contributed by atoms with Crippen LogP contribution in [-0.4, -0.2) is 20.4 Å². The van der Waals surface area contributed by atoms with E-state index in [1.807, 2.05) is 0 Å². The predicted octanol–water partition coefficient (Wildman–Crippen LogP) is 1.74. The van der Waals surface area contributed by atoms with Crippen LogP contribution in [-0.2, 0) is 16.6 Å². The Balaban J connectivity index is 2.22. The molecule has 2 rings (SSSR count). The molecule has 1 aromatic heterocycles. The van der Waals surface area contributed by atoms with Crippen molar-refractivity contribution in [2.75, 3.05) is 12.4 Å². The summed E-state index contributed by atoms with van der Waals surface area (Å²) in [5, 5.41) is 2.64. The fourth-order valence-corrected chi connectivity index (χ4v) is 2.82. The Bertz CT molecular complexity index is 704. The molecule has 0 atom stereocenters. The second kappa shape index (κ2) is 5.98. The van der Waals surface area contributed by atoms with Crippen LogP contribution in [0.15, 0.2) is 47.6 Å². The number of sulfonamides is 1. The fourth-order valence-electron chi connectivity index (χ4n) is 1.68. The normalized spacial score (nSPS) is 11.3. The Morgan fingerprint density at radius 1 is 1.20 bits per heavy atom. The SMILES string of the molecule is CNc1cccnc1S(=O)(=O)NCc1ccccc1F. The lowest BCUT2D eigenvalue weighted by molar-refractivity contribution is 0.571. The Morgan fingerprint density at radius 3 is 2.65 bits per heavy atom. The van der Waals surface area contributed by atoms with Crippen molar-refractivity contribution in [1.82, 2.24) is 9.71 Å². The van der Waals surface area contributed by atoms with Gasteiger partial charge < -0.3 is 5.32 Å². The van der Waals surface area contributed by atoms with Crippen molar-refractivity contribution in [3.05, 3.63) is 54.0 Å². The minimum absolute atomic E-state index is 0.112. The van der Waals surface area contributed by atoms with E-state index in [2.05, 4.69) is 15.0 Å². The van der Waals surface area contributed by atoms with Gasteiger partial charge in [-0.3, -0.25) is 0 Å². The topological polar surface area (TPSA) is 71.1 Å². The molecular weight excluding hydrogens is 281 g/mol. The zero-order valence-corrected chi connectivity index (χ0v) is 11.6. The highest BCUT2D eigenvalue weighted by Gasteiger charge is 2.19. The van der Waals surface area contributed by atoms with Gasteiger partial charge in [-0.1, -0.05) is 18.2 Å². The summed E-state index contributed by atoms with van der Waals surface area (Å²) in [5.41, 5.74) is 0.659. The van der Waals surface area contributed by atoms with Gasteiger partial charge in [0.2, 0.25) is 0 Å². The van der Waals surface area contributed by atoms with E-state index in [0.717, 1.165) is 0 Å². The number of halogens is 1. The Labute approximate surface area is 116 Å². The van der Waals surface area contributed by atoms with Crippen LogP contribution < -0.4 is 10.0 Å². The van der Waals surface area contributed by atoms with Crippen LogP contribution >= 0.6 is 0 Å². The predicted molar refractivity (Wildman–Crippen MR) is 74.2 cm³/mol. The van der Waals surface area contributed by atoms with E-state index in [1.165, 1.54) is 18.3 Å². The summed E-state index contributed by atoms with van der Waals surface area (Å²) < 4.78 is 40.1. The van der Waals surface area contributed by atoms with Gasteiger partial charge in [0.25, 0.3) is 10.0 Å². The van der Waals surface area contributed by atoms with Gasteiger partial charge in [-0.2, -0.15) is 0 Å². The number of nitrogens with zero attached hydrogens (tertiary/aromatic N) is 1.